The fraction of sp³-hybridized carbons (Fsp3) is 0.333. The standard InChI is InChI=1S/C12H14BrNO/c1-12(2,14)7-10-11(13)8-5-3-4-6-9(8)15-10/h3-6H,7,14H2,1-2H3. The summed E-state index contributed by atoms with van der Waals surface area (Å²) in [7, 11) is 0. The Morgan fingerprint density at radius 2 is 2.00 bits per heavy atom. The smallest absolute Gasteiger partial charge is 0.135 e. The minimum Gasteiger partial charge on any atom is -0.460 e. The van der Waals surface area contributed by atoms with Crippen LogP contribution in [0.25, 0.3) is 11.0 Å². The molecule has 2 nitrogen and oxygen atoms in total. The Hall–Kier alpha value is -0.800. The Bertz CT molecular complexity index is 482. The van der Waals surface area contributed by atoms with Crippen molar-refractivity contribution in [3.63, 3.8) is 0 Å². The Balaban J connectivity index is 2.49. The molecule has 2 N–H and O–H groups in total. The summed E-state index contributed by atoms with van der Waals surface area (Å²) in [6.07, 6.45) is 0.724. The van der Waals surface area contributed by atoms with Gasteiger partial charge in [-0.05, 0) is 41.9 Å². The lowest BCUT2D eigenvalue weighted by molar-refractivity contribution is 0.444. The molecule has 0 saturated carbocycles. The van der Waals surface area contributed by atoms with Crippen molar-refractivity contribution in [1.82, 2.24) is 0 Å². The minimum absolute atomic E-state index is 0.254. The molecule has 1 aromatic carbocycles. The van der Waals surface area contributed by atoms with Gasteiger partial charge in [-0.2, -0.15) is 0 Å². The number of halogens is 1. The number of fused-ring (bicyclic) bond motifs is 1. The first-order valence-electron chi connectivity index (χ1n) is 4.92. The SMILES string of the molecule is CC(C)(N)Cc1oc2ccccc2c1Br. The van der Waals surface area contributed by atoms with Crippen LogP contribution in [0.5, 0.6) is 0 Å². The summed E-state index contributed by atoms with van der Waals surface area (Å²) < 4.78 is 6.77. The number of para-hydroxylation sites is 1. The van der Waals surface area contributed by atoms with Gasteiger partial charge < -0.3 is 10.2 Å². The van der Waals surface area contributed by atoms with Crippen molar-refractivity contribution in [3.8, 4) is 0 Å². The molecule has 0 radical (unpaired) electrons. The van der Waals surface area contributed by atoms with Gasteiger partial charge in [-0.1, -0.05) is 12.1 Å². The second-order valence-electron chi connectivity index (χ2n) is 4.50. The van der Waals surface area contributed by atoms with Gasteiger partial charge in [0.2, 0.25) is 0 Å². The van der Waals surface area contributed by atoms with Crippen molar-refractivity contribution >= 4 is 26.9 Å². The Morgan fingerprint density at radius 1 is 1.33 bits per heavy atom. The van der Waals surface area contributed by atoms with E-state index in [1.165, 1.54) is 0 Å². The third-order valence-corrected chi connectivity index (χ3v) is 3.09. The summed E-state index contributed by atoms with van der Waals surface area (Å²) in [5.41, 5.74) is 6.63. The summed E-state index contributed by atoms with van der Waals surface area (Å²) in [6.45, 7) is 3.99. The topological polar surface area (TPSA) is 39.2 Å². The summed E-state index contributed by atoms with van der Waals surface area (Å²) >= 11 is 3.56. The predicted molar refractivity (Wildman–Crippen MR) is 65.9 cm³/mol. The fourth-order valence-corrected chi connectivity index (χ4v) is 2.14. The average Bonchev–Trinajstić information content (AvgIpc) is 2.42. The van der Waals surface area contributed by atoms with Crippen molar-refractivity contribution in [2.45, 2.75) is 25.8 Å². The number of nitrogens with two attached hydrogens (primary N) is 1. The molecule has 0 unspecified atom stereocenters. The highest BCUT2D eigenvalue weighted by atomic mass is 79.9. The lowest BCUT2D eigenvalue weighted by atomic mass is 10.0. The monoisotopic (exact) mass is 267 g/mol. The van der Waals surface area contributed by atoms with E-state index < -0.39 is 0 Å². The fourth-order valence-electron chi connectivity index (χ4n) is 1.59. The molecule has 0 aliphatic rings. The molecular weight excluding hydrogens is 254 g/mol. The lowest BCUT2D eigenvalue weighted by Gasteiger charge is -2.16. The van der Waals surface area contributed by atoms with E-state index in [9.17, 15) is 0 Å². The molecule has 0 aliphatic carbocycles. The maximum absolute atomic E-state index is 5.98. The van der Waals surface area contributed by atoms with Crippen LogP contribution in [0.3, 0.4) is 0 Å². The summed E-state index contributed by atoms with van der Waals surface area (Å²) in [5, 5.41) is 1.11. The molecule has 0 aliphatic heterocycles. The van der Waals surface area contributed by atoms with Crippen molar-refractivity contribution in [2.24, 2.45) is 5.73 Å². The van der Waals surface area contributed by atoms with E-state index >= 15 is 0 Å². The Kier molecular flexibility index (Phi) is 2.61. The zero-order chi connectivity index (χ0) is 11.1. The zero-order valence-corrected chi connectivity index (χ0v) is 10.5. The third-order valence-electron chi connectivity index (χ3n) is 2.22. The molecule has 0 spiro atoms. The van der Waals surface area contributed by atoms with Crippen LogP contribution in [0.15, 0.2) is 33.2 Å². The molecule has 3 heteroatoms. The summed E-state index contributed by atoms with van der Waals surface area (Å²) in [6, 6.07) is 7.97. The molecule has 1 aromatic heterocycles. The molecule has 2 aromatic rings. The van der Waals surface area contributed by atoms with Gasteiger partial charge in [0.1, 0.15) is 11.3 Å². The highest BCUT2D eigenvalue weighted by Gasteiger charge is 2.18. The van der Waals surface area contributed by atoms with Crippen molar-refractivity contribution < 1.29 is 4.42 Å². The van der Waals surface area contributed by atoms with Gasteiger partial charge in [0.25, 0.3) is 0 Å². The van der Waals surface area contributed by atoms with Crippen LogP contribution in [0.1, 0.15) is 19.6 Å². The number of benzene rings is 1. The lowest BCUT2D eigenvalue weighted by Crippen LogP contribution is -2.34. The molecular formula is C12H14BrNO. The van der Waals surface area contributed by atoms with E-state index in [2.05, 4.69) is 15.9 Å². The van der Waals surface area contributed by atoms with Crippen molar-refractivity contribution in [1.29, 1.82) is 0 Å². The van der Waals surface area contributed by atoms with Crippen LogP contribution >= 0.6 is 15.9 Å². The highest BCUT2D eigenvalue weighted by molar-refractivity contribution is 9.10. The van der Waals surface area contributed by atoms with Crippen LogP contribution in [-0.2, 0) is 6.42 Å². The molecule has 2 rings (SSSR count). The number of hydrogen-bond acceptors (Lipinski definition) is 2. The first-order valence-corrected chi connectivity index (χ1v) is 5.71. The quantitative estimate of drug-likeness (QED) is 0.905. The van der Waals surface area contributed by atoms with Crippen LogP contribution in [0.4, 0.5) is 0 Å². The molecule has 0 amide bonds. The van der Waals surface area contributed by atoms with Crippen molar-refractivity contribution in [2.75, 3.05) is 0 Å². The van der Waals surface area contributed by atoms with Gasteiger partial charge in [-0.25, -0.2) is 0 Å². The van der Waals surface area contributed by atoms with Gasteiger partial charge in [-0.3, -0.25) is 0 Å². The predicted octanol–water partition coefficient (Wildman–Crippen LogP) is 3.48. The normalized spacial score (nSPS) is 12.3. The molecule has 0 bridgehead atoms. The van der Waals surface area contributed by atoms with Crippen LogP contribution in [0.2, 0.25) is 0 Å². The number of furan rings is 1. The van der Waals surface area contributed by atoms with Crippen LogP contribution in [0, 0.1) is 0 Å². The molecule has 1 heterocycles. The maximum atomic E-state index is 5.98. The second-order valence-corrected chi connectivity index (χ2v) is 5.29. The molecule has 0 saturated heterocycles. The highest BCUT2D eigenvalue weighted by Crippen LogP contribution is 2.32. The summed E-state index contributed by atoms with van der Waals surface area (Å²) in [5.74, 6) is 0.920. The van der Waals surface area contributed by atoms with E-state index in [4.69, 9.17) is 10.2 Å². The second kappa shape index (κ2) is 3.65. The van der Waals surface area contributed by atoms with Crippen molar-refractivity contribution in [3.05, 3.63) is 34.5 Å². The number of rotatable bonds is 2. The van der Waals surface area contributed by atoms with Crippen LogP contribution < -0.4 is 5.73 Å². The van der Waals surface area contributed by atoms with E-state index in [0.29, 0.717) is 0 Å². The van der Waals surface area contributed by atoms with Gasteiger partial charge in [0, 0.05) is 17.3 Å². The molecule has 80 valence electrons. The maximum Gasteiger partial charge on any atom is 0.135 e. The molecule has 0 atom stereocenters. The van der Waals surface area contributed by atoms with E-state index in [-0.39, 0.29) is 5.54 Å². The van der Waals surface area contributed by atoms with E-state index in [1.54, 1.807) is 0 Å². The van der Waals surface area contributed by atoms with Gasteiger partial charge >= 0.3 is 0 Å². The Labute approximate surface area is 97.6 Å². The zero-order valence-electron chi connectivity index (χ0n) is 8.88. The third kappa shape index (κ3) is 2.24. The van der Waals surface area contributed by atoms with Crippen LogP contribution in [-0.4, -0.2) is 5.54 Å². The first-order chi connectivity index (χ1) is 6.97. The van der Waals surface area contributed by atoms with E-state index in [1.807, 2.05) is 38.1 Å². The van der Waals surface area contributed by atoms with Gasteiger partial charge in [0.15, 0.2) is 0 Å². The minimum atomic E-state index is -0.254. The molecule has 0 fully saturated rings. The first kappa shape index (κ1) is 10.7. The van der Waals surface area contributed by atoms with Gasteiger partial charge in [0.05, 0.1) is 4.47 Å². The van der Waals surface area contributed by atoms with Gasteiger partial charge in [-0.15, -0.1) is 0 Å². The summed E-state index contributed by atoms with van der Waals surface area (Å²) in [4.78, 5) is 0. The molecule has 15 heavy (non-hydrogen) atoms. The Morgan fingerprint density at radius 3 is 2.60 bits per heavy atom. The average molecular weight is 268 g/mol. The largest absolute Gasteiger partial charge is 0.460 e. The number of hydrogen-bond donors (Lipinski definition) is 1. The van der Waals surface area contributed by atoms with E-state index in [0.717, 1.165) is 27.6 Å².